The summed E-state index contributed by atoms with van der Waals surface area (Å²) in [5.74, 6) is -1.42. The lowest BCUT2D eigenvalue weighted by Gasteiger charge is -2.24. The van der Waals surface area contributed by atoms with Crippen LogP contribution in [0.5, 0.6) is 0 Å². The van der Waals surface area contributed by atoms with Gasteiger partial charge < -0.3 is 10.4 Å². The van der Waals surface area contributed by atoms with Crippen LogP contribution in [0.25, 0.3) is 5.65 Å². The van der Waals surface area contributed by atoms with Gasteiger partial charge in [0, 0.05) is 12.4 Å². The maximum absolute atomic E-state index is 12.3. The van der Waals surface area contributed by atoms with Crippen molar-refractivity contribution in [3.05, 3.63) is 30.2 Å². The number of aliphatic carboxylic acids is 1. The zero-order chi connectivity index (χ0) is 14.2. The number of rotatable bonds is 3. The van der Waals surface area contributed by atoms with Gasteiger partial charge in [-0.05, 0) is 18.9 Å². The van der Waals surface area contributed by atoms with Crippen molar-refractivity contribution in [1.82, 2.24) is 19.9 Å². The third-order valence-electron chi connectivity index (χ3n) is 3.74. The zero-order valence-corrected chi connectivity index (χ0v) is 10.7. The summed E-state index contributed by atoms with van der Waals surface area (Å²) in [6, 6.07) is 1.71. The molecule has 0 aliphatic heterocycles. The summed E-state index contributed by atoms with van der Waals surface area (Å²) in [6.07, 6.45) is 7.18. The fourth-order valence-corrected chi connectivity index (χ4v) is 2.64. The van der Waals surface area contributed by atoms with Gasteiger partial charge in [-0.1, -0.05) is 12.8 Å². The first-order chi connectivity index (χ1) is 9.62. The van der Waals surface area contributed by atoms with Crippen molar-refractivity contribution < 1.29 is 14.7 Å². The molecule has 1 aliphatic rings. The number of carboxylic acid groups (broad SMARTS) is 1. The molecule has 0 unspecified atom stereocenters. The van der Waals surface area contributed by atoms with Gasteiger partial charge >= 0.3 is 5.97 Å². The van der Waals surface area contributed by atoms with Gasteiger partial charge in [0.2, 0.25) is 0 Å². The third kappa shape index (κ3) is 1.91. The molecule has 2 heterocycles. The molecule has 0 spiro atoms. The Kier molecular flexibility index (Phi) is 2.89. The van der Waals surface area contributed by atoms with Crippen molar-refractivity contribution >= 4 is 17.5 Å². The second-order valence-corrected chi connectivity index (χ2v) is 4.99. The number of carboxylic acids is 1. The highest BCUT2D eigenvalue weighted by Gasteiger charge is 2.43. The Balaban J connectivity index is 1.91. The van der Waals surface area contributed by atoms with Crippen LogP contribution in [-0.4, -0.2) is 37.1 Å². The SMILES string of the molecule is O=C(NC1(C(=O)O)CCCC1)c1cnn2cccnc12. The second-order valence-electron chi connectivity index (χ2n) is 4.99. The van der Waals surface area contributed by atoms with Crippen molar-refractivity contribution in [1.29, 1.82) is 0 Å². The van der Waals surface area contributed by atoms with E-state index in [0.717, 1.165) is 12.8 Å². The monoisotopic (exact) mass is 274 g/mol. The minimum absolute atomic E-state index is 0.290. The molecule has 20 heavy (non-hydrogen) atoms. The number of nitrogens with one attached hydrogen (secondary N) is 1. The van der Waals surface area contributed by atoms with Crippen LogP contribution in [0, 0.1) is 0 Å². The first kappa shape index (κ1) is 12.6. The summed E-state index contributed by atoms with van der Waals surface area (Å²) in [5.41, 5.74) is -0.443. The molecule has 1 aliphatic carbocycles. The summed E-state index contributed by atoms with van der Waals surface area (Å²) < 4.78 is 1.48. The Morgan fingerprint density at radius 3 is 2.80 bits per heavy atom. The van der Waals surface area contributed by atoms with Crippen molar-refractivity contribution in [3.63, 3.8) is 0 Å². The summed E-state index contributed by atoms with van der Waals surface area (Å²) in [7, 11) is 0. The molecule has 1 saturated carbocycles. The molecule has 0 bridgehead atoms. The highest BCUT2D eigenvalue weighted by atomic mass is 16.4. The van der Waals surface area contributed by atoms with Crippen molar-refractivity contribution in [2.45, 2.75) is 31.2 Å². The fraction of sp³-hybridized carbons (Fsp3) is 0.385. The van der Waals surface area contributed by atoms with Crippen LogP contribution in [0.2, 0.25) is 0 Å². The molecular formula is C13H14N4O3. The van der Waals surface area contributed by atoms with Crippen molar-refractivity contribution in [2.75, 3.05) is 0 Å². The van der Waals surface area contributed by atoms with Crippen LogP contribution in [0.3, 0.4) is 0 Å². The first-order valence-electron chi connectivity index (χ1n) is 6.47. The summed E-state index contributed by atoms with van der Waals surface area (Å²) >= 11 is 0. The van der Waals surface area contributed by atoms with Crippen LogP contribution < -0.4 is 5.32 Å². The Labute approximate surface area is 114 Å². The van der Waals surface area contributed by atoms with Gasteiger partial charge in [-0.15, -0.1) is 0 Å². The minimum atomic E-state index is -1.15. The highest BCUT2D eigenvalue weighted by Crippen LogP contribution is 2.30. The Morgan fingerprint density at radius 2 is 2.10 bits per heavy atom. The molecule has 7 nitrogen and oxygen atoms in total. The van der Waals surface area contributed by atoms with Gasteiger partial charge in [0.05, 0.1) is 6.20 Å². The molecule has 0 saturated heterocycles. The third-order valence-corrected chi connectivity index (χ3v) is 3.74. The Bertz CT molecular complexity index is 673. The number of carbonyl (C=O) groups is 2. The number of nitrogens with zero attached hydrogens (tertiary/aromatic N) is 3. The Morgan fingerprint density at radius 1 is 1.35 bits per heavy atom. The van der Waals surface area contributed by atoms with Crippen LogP contribution in [-0.2, 0) is 4.79 Å². The summed E-state index contributed by atoms with van der Waals surface area (Å²) in [6.45, 7) is 0. The van der Waals surface area contributed by atoms with E-state index in [9.17, 15) is 14.7 Å². The number of carbonyl (C=O) groups excluding carboxylic acids is 1. The number of amides is 1. The average molecular weight is 274 g/mol. The maximum Gasteiger partial charge on any atom is 0.329 e. The summed E-state index contributed by atoms with van der Waals surface area (Å²) in [4.78, 5) is 27.9. The normalized spacial score (nSPS) is 17.2. The molecule has 1 fully saturated rings. The van der Waals surface area contributed by atoms with Gasteiger partial charge in [-0.3, -0.25) is 4.79 Å². The van der Waals surface area contributed by atoms with E-state index >= 15 is 0 Å². The molecule has 0 radical (unpaired) electrons. The van der Waals surface area contributed by atoms with Crippen LogP contribution in [0.15, 0.2) is 24.7 Å². The van der Waals surface area contributed by atoms with E-state index < -0.39 is 17.4 Å². The van der Waals surface area contributed by atoms with E-state index in [0.29, 0.717) is 18.5 Å². The van der Waals surface area contributed by atoms with E-state index in [1.165, 1.54) is 10.7 Å². The lowest BCUT2D eigenvalue weighted by atomic mass is 9.97. The van der Waals surface area contributed by atoms with Crippen molar-refractivity contribution in [3.8, 4) is 0 Å². The molecule has 104 valence electrons. The van der Waals surface area contributed by atoms with Gasteiger partial charge in [0.1, 0.15) is 11.1 Å². The standard InChI is InChI=1S/C13H14N4O3/c18-11(16-13(12(19)20)4-1-2-5-13)9-8-15-17-7-3-6-14-10(9)17/h3,6-8H,1-2,4-5H2,(H,16,18)(H,19,20). The minimum Gasteiger partial charge on any atom is -0.480 e. The van der Waals surface area contributed by atoms with E-state index in [4.69, 9.17) is 0 Å². The predicted molar refractivity (Wildman–Crippen MR) is 69.3 cm³/mol. The quantitative estimate of drug-likeness (QED) is 0.865. The smallest absolute Gasteiger partial charge is 0.329 e. The Hall–Kier alpha value is -2.44. The molecule has 2 aromatic rings. The van der Waals surface area contributed by atoms with Gasteiger partial charge in [-0.25, -0.2) is 14.3 Å². The second kappa shape index (κ2) is 4.59. The molecule has 7 heteroatoms. The number of hydrogen-bond acceptors (Lipinski definition) is 4. The highest BCUT2D eigenvalue weighted by molar-refractivity contribution is 6.02. The van der Waals surface area contributed by atoms with Crippen LogP contribution in [0.1, 0.15) is 36.0 Å². The molecule has 0 aromatic carbocycles. The van der Waals surface area contributed by atoms with Crippen LogP contribution in [0.4, 0.5) is 0 Å². The average Bonchev–Trinajstić information content (AvgIpc) is 3.05. The van der Waals surface area contributed by atoms with E-state index in [1.54, 1.807) is 18.5 Å². The van der Waals surface area contributed by atoms with E-state index in [1.807, 2.05) is 0 Å². The van der Waals surface area contributed by atoms with Crippen molar-refractivity contribution in [2.24, 2.45) is 0 Å². The molecule has 2 N–H and O–H groups in total. The van der Waals surface area contributed by atoms with Gasteiger partial charge in [0.25, 0.3) is 5.91 Å². The number of hydrogen-bond donors (Lipinski definition) is 2. The molecule has 1 amide bonds. The predicted octanol–water partition coefficient (Wildman–Crippen LogP) is 0.856. The zero-order valence-electron chi connectivity index (χ0n) is 10.7. The van der Waals surface area contributed by atoms with Gasteiger partial charge in [-0.2, -0.15) is 5.10 Å². The van der Waals surface area contributed by atoms with Crippen LogP contribution >= 0.6 is 0 Å². The topological polar surface area (TPSA) is 96.6 Å². The fourth-order valence-electron chi connectivity index (χ4n) is 2.64. The van der Waals surface area contributed by atoms with E-state index in [2.05, 4.69) is 15.4 Å². The lowest BCUT2D eigenvalue weighted by molar-refractivity contribution is -0.144. The number of aromatic nitrogens is 3. The number of fused-ring (bicyclic) bond motifs is 1. The largest absolute Gasteiger partial charge is 0.480 e. The van der Waals surface area contributed by atoms with E-state index in [-0.39, 0.29) is 5.56 Å². The molecule has 0 atom stereocenters. The first-order valence-corrected chi connectivity index (χ1v) is 6.47. The molecule has 2 aromatic heterocycles. The molecular weight excluding hydrogens is 260 g/mol. The summed E-state index contributed by atoms with van der Waals surface area (Å²) in [5, 5.41) is 16.1. The molecule has 3 rings (SSSR count). The lowest BCUT2D eigenvalue weighted by Crippen LogP contribution is -2.52. The maximum atomic E-state index is 12.3. The van der Waals surface area contributed by atoms with Gasteiger partial charge in [0.15, 0.2) is 5.65 Å².